The lowest BCUT2D eigenvalue weighted by Crippen LogP contribution is -2.49. The molecule has 0 N–H and O–H groups in total. The van der Waals surface area contributed by atoms with Crippen molar-refractivity contribution >= 4 is 22.9 Å². The zero-order valence-corrected chi connectivity index (χ0v) is 19.8. The van der Waals surface area contributed by atoms with Crippen molar-refractivity contribution < 1.29 is 18.3 Å². The number of hydrogen-bond acceptors (Lipinski definition) is 8. The van der Waals surface area contributed by atoms with Crippen LogP contribution in [0.25, 0.3) is 28.4 Å². The summed E-state index contributed by atoms with van der Waals surface area (Å²) in [7, 11) is 1.46. The molecule has 10 nitrogen and oxygen atoms in total. The molecule has 0 radical (unpaired) electrons. The number of pyridine rings is 1. The van der Waals surface area contributed by atoms with Gasteiger partial charge in [0, 0.05) is 50.6 Å². The SMILES string of the molecule is CCC(=O)N1CCN(c2nc(-c3ccncc3)nc(-n3c(C(F)F)nc4c(OC)cccc43)n2)CC1. The summed E-state index contributed by atoms with van der Waals surface area (Å²) < 4.78 is 34.9. The molecule has 0 bridgehead atoms. The number of carbonyl (C=O) groups is 1. The van der Waals surface area contributed by atoms with Crippen LogP contribution in [-0.2, 0) is 4.79 Å². The van der Waals surface area contributed by atoms with Crippen LogP contribution >= 0.6 is 0 Å². The van der Waals surface area contributed by atoms with Gasteiger partial charge in [0.05, 0.1) is 12.6 Å². The number of rotatable bonds is 6. The molecule has 1 aliphatic heterocycles. The first-order valence-corrected chi connectivity index (χ1v) is 11.5. The first-order valence-electron chi connectivity index (χ1n) is 11.5. The Morgan fingerprint density at radius 1 is 1.00 bits per heavy atom. The number of halogens is 2. The maximum Gasteiger partial charge on any atom is 0.296 e. The maximum atomic E-state index is 14.2. The number of methoxy groups -OCH3 is 1. The first-order chi connectivity index (χ1) is 17.5. The number of ether oxygens (including phenoxy) is 1. The number of nitrogens with zero attached hydrogens (tertiary/aromatic N) is 8. The average Bonchev–Trinajstić information content (AvgIpc) is 3.33. The van der Waals surface area contributed by atoms with Crippen LogP contribution in [0.2, 0.25) is 0 Å². The molecular formula is C24H24F2N8O2. The molecule has 1 fully saturated rings. The topological polar surface area (TPSA) is 102 Å². The highest BCUT2D eigenvalue weighted by Crippen LogP contribution is 2.32. The Morgan fingerprint density at radius 2 is 1.72 bits per heavy atom. The van der Waals surface area contributed by atoms with Crippen molar-refractivity contribution in [3.05, 3.63) is 48.5 Å². The Morgan fingerprint density at radius 3 is 2.39 bits per heavy atom. The largest absolute Gasteiger partial charge is 0.494 e. The predicted octanol–water partition coefficient (Wildman–Crippen LogP) is 3.28. The van der Waals surface area contributed by atoms with Gasteiger partial charge in [-0.05, 0) is 24.3 Å². The monoisotopic (exact) mass is 494 g/mol. The van der Waals surface area contributed by atoms with Gasteiger partial charge in [-0.25, -0.2) is 13.8 Å². The van der Waals surface area contributed by atoms with Crippen molar-refractivity contribution in [2.24, 2.45) is 0 Å². The highest BCUT2D eigenvalue weighted by molar-refractivity contribution is 5.84. The van der Waals surface area contributed by atoms with E-state index in [1.54, 1.807) is 47.6 Å². The number of imidazole rings is 1. The molecule has 12 heteroatoms. The van der Waals surface area contributed by atoms with Crippen LogP contribution in [0.4, 0.5) is 14.7 Å². The minimum Gasteiger partial charge on any atom is -0.494 e. The van der Waals surface area contributed by atoms with E-state index in [1.807, 2.05) is 11.8 Å². The molecule has 186 valence electrons. The van der Waals surface area contributed by atoms with Gasteiger partial charge in [-0.1, -0.05) is 13.0 Å². The summed E-state index contributed by atoms with van der Waals surface area (Å²) >= 11 is 0. The molecule has 1 aromatic carbocycles. The van der Waals surface area contributed by atoms with Gasteiger partial charge in [0.25, 0.3) is 6.43 Å². The molecular weight excluding hydrogens is 470 g/mol. The molecule has 3 aromatic heterocycles. The summed E-state index contributed by atoms with van der Waals surface area (Å²) in [5.41, 5.74) is 1.34. The zero-order valence-electron chi connectivity index (χ0n) is 19.8. The van der Waals surface area contributed by atoms with Crippen LogP contribution < -0.4 is 9.64 Å². The van der Waals surface area contributed by atoms with Gasteiger partial charge < -0.3 is 14.5 Å². The fourth-order valence-corrected chi connectivity index (χ4v) is 4.22. The van der Waals surface area contributed by atoms with Crippen molar-refractivity contribution in [3.8, 4) is 23.1 Å². The lowest BCUT2D eigenvalue weighted by molar-refractivity contribution is -0.131. The molecule has 4 heterocycles. The van der Waals surface area contributed by atoms with E-state index in [2.05, 4.69) is 24.9 Å². The Bertz CT molecular complexity index is 1390. The number of amides is 1. The molecule has 0 unspecified atom stereocenters. The predicted molar refractivity (Wildman–Crippen MR) is 128 cm³/mol. The number of benzene rings is 1. The van der Waals surface area contributed by atoms with Gasteiger partial charge >= 0.3 is 0 Å². The van der Waals surface area contributed by atoms with Gasteiger partial charge in [-0.2, -0.15) is 15.0 Å². The summed E-state index contributed by atoms with van der Waals surface area (Å²) in [5.74, 6) is 0.628. The Kier molecular flexibility index (Phi) is 6.40. The van der Waals surface area contributed by atoms with Crippen LogP contribution in [0, 0.1) is 0 Å². The van der Waals surface area contributed by atoms with Crippen LogP contribution in [0.5, 0.6) is 5.75 Å². The third kappa shape index (κ3) is 4.30. The molecule has 4 aromatic rings. The van der Waals surface area contributed by atoms with E-state index >= 15 is 0 Å². The van der Waals surface area contributed by atoms with E-state index in [0.29, 0.717) is 61.2 Å². The number of para-hydroxylation sites is 1. The van der Waals surface area contributed by atoms with Gasteiger partial charge in [-0.15, -0.1) is 0 Å². The van der Waals surface area contributed by atoms with E-state index in [9.17, 15) is 13.6 Å². The second-order valence-electron chi connectivity index (χ2n) is 8.15. The Labute approximate surface area is 205 Å². The van der Waals surface area contributed by atoms with Crippen molar-refractivity contribution in [1.29, 1.82) is 0 Å². The average molecular weight is 495 g/mol. The number of alkyl halides is 2. The van der Waals surface area contributed by atoms with Gasteiger partial charge in [0.2, 0.25) is 17.8 Å². The lowest BCUT2D eigenvalue weighted by atomic mass is 10.2. The third-order valence-electron chi connectivity index (χ3n) is 6.06. The molecule has 0 spiro atoms. The summed E-state index contributed by atoms with van der Waals surface area (Å²) in [5, 5.41) is 0. The normalized spacial score (nSPS) is 14.0. The van der Waals surface area contributed by atoms with E-state index in [4.69, 9.17) is 4.74 Å². The van der Waals surface area contributed by atoms with E-state index in [0.717, 1.165) is 0 Å². The van der Waals surface area contributed by atoms with Gasteiger partial charge in [-0.3, -0.25) is 14.3 Å². The second-order valence-corrected chi connectivity index (χ2v) is 8.15. The smallest absolute Gasteiger partial charge is 0.296 e. The molecule has 5 rings (SSSR count). The van der Waals surface area contributed by atoms with Crippen molar-refractivity contribution in [2.45, 2.75) is 19.8 Å². The van der Waals surface area contributed by atoms with Crippen molar-refractivity contribution in [1.82, 2.24) is 34.4 Å². The molecule has 1 aliphatic rings. The van der Waals surface area contributed by atoms with Gasteiger partial charge in [0.15, 0.2) is 11.6 Å². The van der Waals surface area contributed by atoms with Crippen LogP contribution in [0.15, 0.2) is 42.7 Å². The molecule has 0 aliphatic carbocycles. The summed E-state index contributed by atoms with van der Waals surface area (Å²) in [6.45, 7) is 3.88. The summed E-state index contributed by atoms with van der Waals surface area (Å²) in [6.07, 6.45) is 0.774. The highest BCUT2D eigenvalue weighted by atomic mass is 19.3. The fourth-order valence-electron chi connectivity index (χ4n) is 4.22. The van der Waals surface area contributed by atoms with E-state index in [1.165, 1.54) is 11.7 Å². The number of hydrogen-bond donors (Lipinski definition) is 0. The van der Waals surface area contributed by atoms with Crippen molar-refractivity contribution in [2.75, 3.05) is 38.2 Å². The molecule has 0 atom stereocenters. The minimum atomic E-state index is -2.88. The van der Waals surface area contributed by atoms with Gasteiger partial charge in [0.1, 0.15) is 11.3 Å². The van der Waals surface area contributed by atoms with Crippen LogP contribution in [0.1, 0.15) is 25.6 Å². The zero-order chi connectivity index (χ0) is 25.2. The quantitative estimate of drug-likeness (QED) is 0.403. The maximum absolute atomic E-state index is 14.2. The molecule has 1 saturated heterocycles. The number of anilines is 1. The minimum absolute atomic E-state index is 0.0185. The van der Waals surface area contributed by atoms with Crippen molar-refractivity contribution in [3.63, 3.8) is 0 Å². The van der Waals surface area contributed by atoms with E-state index < -0.39 is 12.2 Å². The number of fused-ring (bicyclic) bond motifs is 1. The standard InChI is InChI=1S/C24H24F2N8O2/c1-3-18(35)32-11-13-33(14-12-32)23-29-21(15-7-9-27-10-8-15)30-24(31-23)34-16-5-4-6-17(36-2)19(16)28-22(34)20(25)26/h4-10,20H,3,11-14H2,1-2H3. The number of carbonyl (C=O) groups excluding carboxylic acids is 1. The Hall–Kier alpha value is -4.22. The van der Waals surface area contributed by atoms with Crippen LogP contribution in [-0.4, -0.2) is 73.6 Å². The number of aromatic nitrogens is 6. The second kappa shape index (κ2) is 9.80. The summed E-state index contributed by atoms with van der Waals surface area (Å²) in [4.78, 5) is 37.8. The molecule has 1 amide bonds. The Balaban J connectivity index is 1.65. The molecule has 36 heavy (non-hydrogen) atoms. The number of piperazine rings is 1. The summed E-state index contributed by atoms with van der Waals surface area (Å²) in [6, 6.07) is 8.51. The fraction of sp³-hybridized carbons (Fsp3) is 0.333. The van der Waals surface area contributed by atoms with Crippen LogP contribution in [0.3, 0.4) is 0 Å². The van der Waals surface area contributed by atoms with E-state index in [-0.39, 0.29) is 17.4 Å². The lowest BCUT2D eigenvalue weighted by Gasteiger charge is -2.34. The molecule has 0 saturated carbocycles. The third-order valence-corrected chi connectivity index (χ3v) is 6.06. The highest BCUT2D eigenvalue weighted by Gasteiger charge is 2.27. The first kappa shape index (κ1) is 23.5.